The Morgan fingerprint density at radius 1 is 1.31 bits per heavy atom. The van der Waals surface area contributed by atoms with Gasteiger partial charge in [-0.05, 0) is 16.1 Å². The molecule has 0 saturated carbocycles. The Bertz CT molecular complexity index is 314. The largest absolute Gasteiger partial charge is 0.764 e. The predicted molar refractivity (Wildman–Crippen MR) is 44.7 cm³/mol. The minimum atomic E-state index is -2.83. The van der Waals surface area contributed by atoms with Gasteiger partial charge in [0.1, 0.15) is 11.4 Å². The minimum absolute atomic E-state index is 0.286. The highest BCUT2D eigenvalue weighted by molar-refractivity contribution is 7.78. The molecular weight excluding hydrogens is 215 g/mol. The van der Waals surface area contributed by atoms with Gasteiger partial charge < -0.3 is 4.55 Å². The lowest BCUT2D eigenvalue weighted by Crippen LogP contribution is -1.90. The van der Waals surface area contributed by atoms with Crippen LogP contribution in [0, 0.1) is 0 Å². The predicted octanol–water partition coefficient (Wildman–Crippen LogP) is 1.53. The number of hydrogen-bond donors (Lipinski definition) is 0. The molecule has 5 nitrogen and oxygen atoms in total. The van der Waals surface area contributed by atoms with Crippen molar-refractivity contribution in [1.82, 2.24) is 0 Å². The zero-order valence-corrected chi connectivity index (χ0v) is 7.99. The summed E-state index contributed by atoms with van der Waals surface area (Å²) in [5, 5.41) is 0. The van der Waals surface area contributed by atoms with Crippen LogP contribution < -0.4 is 4.52 Å². The first-order chi connectivity index (χ1) is 6.18. The van der Waals surface area contributed by atoms with Gasteiger partial charge in [-0.3, -0.25) is 0 Å². The monoisotopic (exact) mass is 220 g/mol. The van der Waals surface area contributed by atoms with Crippen molar-refractivity contribution >= 4 is 19.6 Å². The van der Waals surface area contributed by atoms with Crippen LogP contribution in [0.25, 0.3) is 0 Å². The normalized spacial score (nSPS) is 13.5. The van der Waals surface area contributed by atoms with Crippen molar-refractivity contribution in [3.8, 4) is 5.75 Å². The van der Waals surface area contributed by atoms with Crippen LogP contribution in [0.5, 0.6) is 5.75 Å². The van der Waals surface area contributed by atoms with Gasteiger partial charge in [0.25, 0.3) is 0 Å². The highest BCUT2D eigenvalue weighted by Crippen LogP contribution is 2.27. The molecule has 0 saturated heterocycles. The van der Waals surface area contributed by atoms with E-state index < -0.39 is 19.6 Å². The summed E-state index contributed by atoms with van der Waals surface area (Å²) in [6, 6.07) is 8.13. The van der Waals surface area contributed by atoms with Gasteiger partial charge in [-0.15, -0.1) is 0 Å². The summed E-state index contributed by atoms with van der Waals surface area (Å²) in [5.74, 6) is 0.286. The number of para-hydroxylation sites is 1. The fraction of sp³-hybridized carbons (Fsp3) is 0. The van der Waals surface area contributed by atoms with Crippen LogP contribution in [0.3, 0.4) is 0 Å². The Labute approximate surface area is 78.1 Å². The minimum Gasteiger partial charge on any atom is -0.746 e. The summed E-state index contributed by atoms with van der Waals surface area (Å²) in [6.45, 7) is 0. The van der Waals surface area contributed by atoms with E-state index in [1.54, 1.807) is 18.2 Å². The first-order valence-electron chi connectivity index (χ1n) is 3.16. The fourth-order valence-electron chi connectivity index (χ4n) is 0.632. The van der Waals surface area contributed by atoms with E-state index in [0.717, 1.165) is 0 Å². The average molecular weight is 220 g/mol. The molecule has 70 valence electrons. The zero-order chi connectivity index (χ0) is 9.68. The van der Waals surface area contributed by atoms with Gasteiger partial charge >= 0.3 is 8.25 Å². The molecule has 7 heteroatoms. The van der Waals surface area contributed by atoms with E-state index in [0.29, 0.717) is 0 Å². The Kier molecular flexibility index (Phi) is 3.98. The van der Waals surface area contributed by atoms with Gasteiger partial charge in [0.2, 0.25) is 0 Å². The molecule has 1 aromatic carbocycles. The number of hydrogen-bond acceptors (Lipinski definition) is 5. The van der Waals surface area contributed by atoms with Crippen molar-refractivity contribution in [3.05, 3.63) is 30.3 Å². The molecule has 0 amide bonds. The molecule has 0 aliphatic carbocycles. The second-order valence-corrected chi connectivity index (χ2v) is 3.54. The summed E-state index contributed by atoms with van der Waals surface area (Å²) in [7, 11) is -2.66. The third-order valence-corrected chi connectivity index (χ3v) is 2.38. The molecule has 0 N–H and O–H groups in total. The van der Waals surface area contributed by atoms with E-state index >= 15 is 0 Å². The number of rotatable bonds is 4. The lowest BCUT2D eigenvalue weighted by molar-refractivity contribution is 0.392. The van der Waals surface area contributed by atoms with Crippen LogP contribution in [0.1, 0.15) is 0 Å². The van der Waals surface area contributed by atoms with Crippen LogP contribution in [0.15, 0.2) is 30.3 Å². The van der Waals surface area contributed by atoms with Gasteiger partial charge in [0.15, 0.2) is 5.75 Å². The van der Waals surface area contributed by atoms with E-state index in [-0.39, 0.29) is 5.75 Å². The molecule has 2 unspecified atom stereocenters. The van der Waals surface area contributed by atoms with Crippen LogP contribution in [0.4, 0.5) is 0 Å². The Morgan fingerprint density at radius 2 is 1.92 bits per heavy atom. The highest BCUT2D eigenvalue weighted by atomic mass is 32.2. The van der Waals surface area contributed by atoms with Crippen molar-refractivity contribution in [2.75, 3.05) is 0 Å². The second kappa shape index (κ2) is 5.04. The maximum Gasteiger partial charge on any atom is 0.764 e. The van der Waals surface area contributed by atoms with Gasteiger partial charge in [0, 0.05) is 4.57 Å². The first kappa shape index (κ1) is 10.3. The molecule has 2 atom stereocenters. The molecule has 0 spiro atoms. The third-order valence-electron chi connectivity index (χ3n) is 1.04. The van der Waals surface area contributed by atoms with Crippen LogP contribution in [0.2, 0.25) is 0 Å². The van der Waals surface area contributed by atoms with Gasteiger partial charge in [0.05, 0.1) is 0 Å². The Hall–Kier alpha value is -0.810. The molecule has 0 aliphatic heterocycles. The van der Waals surface area contributed by atoms with Crippen molar-refractivity contribution in [1.29, 1.82) is 0 Å². The molecular formula is C6H5O5PS. The first-order valence-corrected chi connectivity index (χ1v) is 5.26. The van der Waals surface area contributed by atoms with E-state index in [1.807, 2.05) is 0 Å². The maximum atomic E-state index is 10.7. The SMILES string of the molecule is O=[P+](Oc1ccccc1)OS(=O)[O-]. The topological polar surface area (TPSA) is 75.7 Å². The molecule has 0 aliphatic rings. The zero-order valence-electron chi connectivity index (χ0n) is 6.28. The van der Waals surface area contributed by atoms with Crippen molar-refractivity contribution < 1.29 is 21.8 Å². The summed E-state index contributed by atoms with van der Waals surface area (Å²) in [5.41, 5.74) is 0. The summed E-state index contributed by atoms with van der Waals surface area (Å²) in [6.07, 6.45) is 0. The molecule has 0 aromatic heterocycles. The molecule has 0 radical (unpaired) electrons. The molecule has 1 aromatic rings. The smallest absolute Gasteiger partial charge is 0.746 e. The molecule has 0 fully saturated rings. The lowest BCUT2D eigenvalue weighted by Gasteiger charge is -1.93. The molecule has 0 bridgehead atoms. The second-order valence-electron chi connectivity index (χ2n) is 1.91. The maximum absolute atomic E-state index is 10.7. The quantitative estimate of drug-likeness (QED) is 0.568. The fourth-order valence-corrected chi connectivity index (χ4v) is 1.45. The number of benzene rings is 1. The average Bonchev–Trinajstić information content (AvgIpc) is 2.04. The molecule has 1 rings (SSSR count). The highest BCUT2D eigenvalue weighted by Gasteiger charge is 2.22. The third kappa shape index (κ3) is 4.10. The summed E-state index contributed by atoms with van der Waals surface area (Å²) in [4.78, 5) is 0. The van der Waals surface area contributed by atoms with Crippen LogP contribution in [-0.4, -0.2) is 8.76 Å². The lowest BCUT2D eigenvalue weighted by atomic mass is 10.3. The van der Waals surface area contributed by atoms with Crippen molar-refractivity contribution in [2.24, 2.45) is 0 Å². The van der Waals surface area contributed by atoms with Gasteiger partial charge in [-0.2, -0.15) is 0 Å². The van der Waals surface area contributed by atoms with E-state index in [1.165, 1.54) is 12.1 Å². The summed E-state index contributed by atoms with van der Waals surface area (Å²) < 4.78 is 39.0. The van der Waals surface area contributed by atoms with E-state index in [2.05, 4.69) is 8.49 Å². The van der Waals surface area contributed by atoms with Gasteiger partial charge in [-0.1, -0.05) is 18.2 Å². The Morgan fingerprint density at radius 3 is 2.46 bits per heavy atom. The van der Waals surface area contributed by atoms with Crippen molar-refractivity contribution in [3.63, 3.8) is 0 Å². The van der Waals surface area contributed by atoms with E-state index in [4.69, 9.17) is 0 Å². The molecule has 13 heavy (non-hydrogen) atoms. The standard InChI is InChI=1S/C6H5O5PS/c7-12(11-13(8)9)10-6-4-2-1-3-5-6/h1-5H. The van der Waals surface area contributed by atoms with Crippen LogP contribution in [-0.2, 0) is 19.9 Å². The summed E-state index contributed by atoms with van der Waals surface area (Å²) >= 11 is -2.83. The van der Waals surface area contributed by atoms with Crippen LogP contribution >= 0.6 is 8.25 Å². The van der Waals surface area contributed by atoms with Crippen molar-refractivity contribution in [2.45, 2.75) is 0 Å². The van der Waals surface area contributed by atoms with Gasteiger partial charge in [-0.25, -0.2) is 8.73 Å². The van der Waals surface area contributed by atoms with E-state index in [9.17, 15) is 13.3 Å². The Balaban J connectivity index is 2.50. The molecule has 0 heterocycles.